The number of aryl methyl sites for hydroxylation is 3. The van der Waals surface area contributed by atoms with E-state index in [0.717, 1.165) is 28.7 Å². The van der Waals surface area contributed by atoms with E-state index < -0.39 is 0 Å². The molecule has 2 rings (SSSR count). The molecule has 0 aliphatic carbocycles. The molecule has 0 unspecified atom stereocenters. The highest BCUT2D eigenvalue weighted by molar-refractivity contribution is 9.10. The first-order valence-corrected chi connectivity index (χ1v) is 6.24. The maximum absolute atomic E-state index is 11.2. The fourth-order valence-corrected chi connectivity index (χ4v) is 2.18. The molecule has 0 aliphatic rings. The molecule has 1 aromatic carbocycles. The molecule has 17 heavy (non-hydrogen) atoms. The number of aromatic amines is 1. The van der Waals surface area contributed by atoms with Crippen LogP contribution in [0.4, 0.5) is 0 Å². The normalized spacial score (nSPS) is 10.5. The largest absolute Gasteiger partial charge is 0.345 e. The third kappa shape index (κ3) is 3.53. The minimum absolute atomic E-state index is 0.269. The summed E-state index contributed by atoms with van der Waals surface area (Å²) in [6.07, 6.45) is 1.66. The summed E-state index contributed by atoms with van der Waals surface area (Å²) in [5.74, 6) is 0. The van der Waals surface area contributed by atoms with Crippen molar-refractivity contribution in [1.82, 2.24) is 9.97 Å². The van der Waals surface area contributed by atoms with Gasteiger partial charge in [0.25, 0.3) is 0 Å². The van der Waals surface area contributed by atoms with E-state index in [2.05, 4.69) is 38.0 Å². The number of hydrogen-bond donors (Lipinski definition) is 1. The second-order valence-corrected chi connectivity index (χ2v) is 4.91. The van der Waals surface area contributed by atoms with Crippen molar-refractivity contribution in [3.8, 4) is 0 Å². The van der Waals surface area contributed by atoms with Crippen LogP contribution in [0.2, 0.25) is 0 Å². The van der Waals surface area contributed by atoms with E-state index >= 15 is 0 Å². The maximum Gasteiger partial charge on any atom is 0.345 e. The van der Waals surface area contributed by atoms with Crippen LogP contribution in [0.5, 0.6) is 0 Å². The van der Waals surface area contributed by atoms with Gasteiger partial charge in [0.1, 0.15) is 0 Å². The lowest BCUT2D eigenvalue weighted by atomic mass is 10.1. The van der Waals surface area contributed by atoms with Crippen molar-refractivity contribution in [2.24, 2.45) is 0 Å². The van der Waals surface area contributed by atoms with Crippen LogP contribution in [0.25, 0.3) is 0 Å². The first kappa shape index (κ1) is 12.0. The van der Waals surface area contributed by atoms with Gasteiger partial charge >= 0.3 is 5.69 Å². The Balaban J connectivity index is 2.09. The zero-order valence-electron chi connectivity index (χ0n) is 9.53. The SMILES string of the molecule is Cc1cc(CCc2cccc(Br)c2)nc(=O)[nH]1. The standard InChI is InChI=1S/C13H13BrN2O/c1-9-7-12(16-13(17)15-9)6-5-10-3-2-4-11(14)8-10/h2-4,7-8H,5-6H2,1H3,(H,15,16,17). The molecular formula is C13H13BrN2O. The Morgan fingerprint density at radius 2 is 2.12 bits per heavy atom. The van der Waals surface area contributed by atoms with E-state index in [9.17, 15) is 4.79 Å². The fraction of sp³-hybridized carbons (Fsp3) is 0.231. The molecule has 88 valence electrons. The van der Waals surface area contributed by atoms with Gasteiger partial charge < -0.3 is 4.98 Å². The van der Waals surface area contributed by atoms with Crippen LogP contribution >= 0.6 is 15.9 Å². The second-order valence-electron chi connectivity index (χ2n) is 3.99. The van der Waals surface area contributed by atoms with Crippen LogP contribution in [0.15, 0.2) is 39.6 Å². The summed E-state index contributed by atoms with van der Waals surface area (Å²) >= 11 is 3.44. The molecule has 1 heterocycles. The van der Waals surface area contributed by atoms with Crippen LogP contribution in [-0.4, -0.2) is 9.97 Å². The lowest BCUT2D eigenvalue weighted by Crippen LogP contribution is -2.14. The Bertz CT molecular complexity index is 578. The summed E-state index contributed by atoms with van der Waals surface area (Å²) in [7, 11) is 0. The number of nitrogens with zero attached hydrogens (tertiary/aromatic N) is 1. The van der Waals surface area contributed by atoms with Gasteiger partial charge in [0.15, 0.2) is 0 Å². The average Bonchev–Trinajstić information content (AvgIpc) is 2.25. The van der Waals surface area contributed by atoms with Crippen molar-refractivity contribution in [3.05, 3.63) is 62.2 Å². The van der Waals surface area contributed by atoms with E-state index in [4.69, 9.17) is 0 Å². The first-order chi connectivity index (χ1) is 8.13. The van der Waals surface area contributed by atoms with Crippen molar-refractivity contribution in [1.29, 1.82) is 0 Å². The van der Waals surface area contributed by atoms with Crippen LogP contribution in [0.3, 0.4) is 0 Å². The third-order valence-electron chi connectivity index (χ3n) is 2.49. The Morgan fingerprint density at radius 3 is 2.82 bits per heavy atom. The lowest BCUT2D eigenvalue weighted by molar-refractivity contribution is 0.870. The number of halogens is 1. The van der Waals surface area contributed by atoms with E-state index in [-0.39, 0.29) is 5.69 Å². The zero-order valence-corrected chi connectivity index (χ0v) is 11.1. The van der Waals surface area contributed by atoms with Crippen molar-refractivity contribution in [3.63, 3.8) is 0 Å². The molecule has 4 heteroatoms. The van der Waals surface area contributed by atoms with Crippen molar-refractivity contribution < 1.29 is 0 Å². The van der Waals surface area contributed by atoms with Gasteiger partial charge in [-0.3, -0.25) is 0 Å². The number of nitrogens with one attached hydrogen (secondary N) is 1. The molecule has 0 fully saturated rings. The molecule has 0 spiro atoms. The Labute approximate surface area is 108 Å². The van der Waals surface area contributed by atoms with Gasteiger partial charge in [-0.2, -0.15) is 4.98 Å². The molecule has 0 amide bonds. The van der Waals surface area contributed by atoms with Crippen LogP contribution in [-0.2, 0) is 12.8 Å². The van der Waals surface area contributed by atoms with Gasteiger partial charge in [-0.25, -0.2) is 4.79 Å². The van der Waals surface area contributed by atoms with Crippen molar-refractivity contribution in [2.75, 3.05) is 0 Å². The summed E-state index contributed by atoms with van der Waals surface area (Å²) in [5.41, 5.74) is 2.66. The highest BCUT2D eigenvalue weighted by Crippen LogP contribution is 2.13. The minimum Gasteiger partial charge on any atom is -0.310 e. The second kappa shape index (κ2) is 5.27. The van der Waals surface area contributed by atoms with E-state index in [1.54, 1.807) is 0 Å². The van der Waals surface area contributed by atoms with E-state index in [1.807, 2.05) is 25.1 Å². The predicted molar refractivity (Wildman–Crippen MR) is 71.1 cm³/mol. The summed E-state index contributed by atoms with van der Waals surface area (Å²) in [6, 6.07) is 10.1. The third-order valence-corrected chi connectivity index (χ3v) is 2.98. The number of benzene rings is 1. The summed E-state index contributed by atoms with van der Waals surface area (Å²) in [6.45, 7) is 1.87. The quantitative estimate of drug-likeness (QED) is 0.945. The Morgan fingerprint density at radius 1 is 1.29 bits per heavy atom. The molecule has 0 bridgehead atoms. The summed E-state index contributed by atoms with van der Waals surface area (Å²) in [5, 5.41) is 0. The molecule has 2 aromatic rings. The smallest absolute Gasteiger partial charge is 0.310 e. The lowest BCUT2D eigenvalue weighted by Gasteiger charge is -2.02. The maximum atomic E-state index is 11.2. The molecule has 0 radical (unpaired) electrons. The van der Waals surface area contributed by atoms with Gasteiger partial charge in [-0.05, 0) is 43.5 Å². The Hall–Kier alpha value is -1.42. The van der Waals surface area contributed by atoms with Gasteiger partial charge in [-0.15, -0.1) is 0 Å². The summed E-state index contributed by atoms with van der Waals surface area (Å²) < 4.78 is 1.07. The number of hydrogen-bond acceptors (Lipinski definition) is 2. The van der Waals surface area contributed by atoms with Gasteiger partial charge in [0.05, 0.1) is 0 Å². The predicted octanol–water partition coefficient (Wildman–Crippen LogP) is 2.63. The van der Waals surface area contributed by atoms with Gasteiger partial charge in [0, 0.05) is 15.9 Å². The highest BCUT2D eigenvalue weighted by Gasteiger charge is 2.00. The number of aromatic nitrogens is 2. The van der Waals surface area contributed by atoms with Crippen molar-refractivity contribution in [2.45, 2.75) is 19.8 Å². The molecule has 1 aromatic heterocycles. The van der Waals surface area contributed by atoms with Crippen LogP contribution < -0.4 is 5.69 Å². The van der Waals surface area contributed by atoms with Gasteiger partial charge in [0.2, 0.25) is 0 Å². The van der Waals surface area contributed by atoms with Gasteiger partial charge in [-0.1, -0.05) is 28.1 Å². The number of rotatable bonds is 3. The Kier molecular flexibility index (Phi) is 3.74. The first-order valence-electron chi connectivity index (χ1n) is 5.45. The molecule has 0 saturated carbocycles. The monoisotopic (exact) mass is 292 g/mol. The molecular weight excluding hydrogens is 280 g/mol. The minimum atomic E-state index is -0.269. The van der Waals surface area contributed by atoms with Crippen LogP contribution in [0, 0.1) is 6.92 Å². The summed E-state index contributed by atoms with van der Waals surface area (Å²) in [4.78, 5) is 17.8. The molecule has 0 atom stereocenters. The van der Waals surface area contributed by atoms with E-state index in [0.29, 0.717) is 0 Å². The van der Waals surface area contributed by atoms with E-state index in [1.165, 1.54) is 5.56 Å². The molecule has 0 saturated heterocycles. The average molecular weight is 293 g/mol. The highest BCUT2D eigenvalue weighted by atomic mass is 79.9. The van der Waals surface area contributed by atoms with Crippen molar-refractivity contribution >= 4 is 15.9 Å². The zero-order chi connectivity index (χ0) is 12.3. The fourth-order valence-electron chi connectivity index (χ4n) is 1.74. The molecule has 3 nitrogen and oxygen atoms in total. The topological polar surface area (TPSA) is 45.8 Å². The molecule has 0 aliphatic heterocycles. The van der Waals surface area contributed by atoms with Crippen LogP contribution in [0.1, 0.15) is 17.0 Å². The molecule has 1 N–H and O–H groups in total. The number of H-pyrrole nitrogens is 1.